The molecule has 56 valence electrons. The topological polar surface area (TPSA) is 40.5 Å². The van der Waals surface area contributed by atoms with E-state index in [1.165, 1.54) is 5.57 Å². The summed E-state index contributed by atoms with van der Waals surface area (Å²) in [6.07, 6.45) is 7.92. The molecule has 1 rings (SSSR count). The highest BCUT2D eigenvalue weighted by molar-refractivity contribution is 7.38. The maximum Gasteiger partial charge on any atom is 0.167 e. The van der Waals surface area contributed by atoms with E-state index in [1.807, 2.05) is 12.2 Å². The Labute approximate surface area is 62.0 Å². The second-order valence-corrected chi connectivity index (χ2v) is 3.49. The molecule has 0 fully saturated rings. The summed E-state index contributed by atoms with van der Waals surface area (Å²) in [6.45, 7) is 0. The van der Waals surface area contributed by atoms with Crippen LogP contribution in [-0.2, 0) is 0 Å². The molecule has 0 aliphatic heterocycles. The molecule has 0 saturated carbocycles. The summed E-state index contributed by atoms with van der Waals surface area (Å²) in [7, 11) is 0.225. The van der Waals surface area contributed by atoms with E-state index < -0.39 is 6.03 Å². The quantitative estimate of drug-likeness (QED) is 0.471. The molecule has 0 saturated heterocycles. The standard InChI is InChI=1S/C7H11O2P/c8-7(9)10-5-6-3-1-2-4-6/h1-3,7-10H,4-5H2. The molecule has 0 spiro atoms. The van der Waals surface area contributed by atoms with E-state index in [4.69, 9.17) is 10.2 Å². The summed E-state index contributed by atoms with van der Waals surface area (Å²) in [5.41, 5.74) is 1.30. The first kappa shape index (κ1) is 7.93. The van der Waals surface area contributed by atoms with E-state index in [2.05, 4.69) is 6.08 Å². The molecule has 0 aromatic carbocycles. The second kappa shape index (κ2) is 3.87. The summed E-state index contributed by atoms with van der Waals surface area (Å²) in [5.74, 6) is 0. The summed E-state index contributed by atoms with van der Waals surface area (Å²) in [6, 6.07) is -1.12. The van der Waals surface area contributed by atoms with E-state index in [1.54, 1.807) is 0 Å². The SMILES string of the molecule is OC(O)PCC1=CC=CC1. The molecule has 0 radical (unpaired) electrons. The van der Waals surface area contributed by atoms with Crippen molar-refractivity contribution in [1.29, 1.82) is 0 Å². The maximum absolute atomic E-state index is 8.53. The van der Waals surface area contributed by atoms with Gasteiger partial charge in [0.25, 0.3) is 0 Å². The molecule has 2 N–H and O–H groups in total. The molecule has 0 aromatic heterocycles. The molecule has 1 unspecified atom stereocenters. The van der Waals surface area contributed by atoms with Crippen molar-refractivity contribution in [2.75, 3.05) is 6.16 Å². The number of allylic oxidation sites excluding steroid dienone is 4. The van der Waals surface area contributed by atoms with Gasteiger partial charge in [0.05, 0.1) is 0 Å². The molecular formula is C7H11O2P. The van der Waals surface area contributed by atoms with Crippen LogP contribution < -0.4 is 0 Å². The molecule has 0 aromatic rings. The first-order chi connectivity index (χ1) is 4.79. The maximum atomic E-state index is 8.53. The lowest BCUT2D eigenvalue weighted by molar-refractivity contribution is 0.0373. The van der Waals surface area contributed by atoms with Crippen LogP contribution in [0.2, 0.25) is 0 Å². The Bertz CT molecular complexity index is 161. The van der Waals surface area contributed by atoms with E-state index >= 15 is 0 Å². The molecule has 1 atom stereocenters. The zero-order chi connectivity index (χ0) is 7.40. The van der Waals surface area contributed by atoms with E-state index in [0.717, 1.165) is 12.6 Å². The molecule has 3 heteroatoms. The fraction of sp³-hybridized carbons (Fsp3) is 0.429. The number of hydrogen-bond donors (Lipinski definition) is 2. The largest absolute Gasteiger partial charge is 0.365 e. The van der Waals surface area contributed by atoms with Gasteiger partial charge in [-0.15, -0.1) is 0 Å². The van der Waals surface area contributed by atoms with Gasteiger partial charge >= 0.3 is 0 Å². The van der Waals surface area contributed by atoms with Crippen molar-refractivity contribution in [2.24, 2.45) is 0 Å². The van der Waals surface area contributed by atoms with Crippen LogP contribution >= 0.6 is 8.58 Å². The van der Waals surface area contributed by atoms with Crippen LogP contribution in [-0.4, -0.2) is 22.4 Å². The minimum Gasteiger partial charge on any atom is -0.365 e. The molecule has 1 aliphatic rings. The molecule has 0 bridgehead atoms. The van der Waals surface area contributed by atoms with E-state index in [0.29, 0.717) is 0 Å². The fourth-order valence-electron chi connectivity index (χ4n) is 0.845. The molecule has 0 amide bonds. The highest BCUT2D eigenvalue weighted by Gasteiger charge is 2.01. The van der Waals surface area contributed by atoms with Crippen LogP contribution in [0, 0.1) is 0 Å². The smallest absolute Gasteiger partial charge is 0.167 e. The second-order valence-electron chi connectivity index (χ2n) is 2.21. The third kappa shape index (κ3) is 2.61. The number of rotatable bonds is 3. The minimum absolute atomic E-state index is 0.225. The average molecular weight is 158 g/mol. The number of hydrogen-bond acceptors (Lipinski definition) is 2. The summed E-state index contributed by atoms with van der Waals surface area (Å²) in [5, 5.41) is 17.1. The van der Waals surface area contributed by atoms with Crippen LogP contribution in [0.15, 0.2) is 23.8 Å². The fourth-order valence-corrected chi connectivity index (χ4v) is 1.55. The lowest BCUT2D eigenvalue weighted by Crippen LogP contribution is -1.96. The van der Waals surface area contributed by atoms with Gasteiger partial charge in [0.1, 0.15) is 0 Å². The van der Waals surface area contributed by atoms with Crippen molar-refractivity contribution in [3.05, 3.63) is 23.8 Å². The van der Waals surface area contributed by atoms with Crippen LogP contribution in [0.1, 0.15) is 6.42 Å². The monoisotopic (exact) mass is 158 g/mol. The average Bonchev–Trinajstić information content (AvgIpc) is 2.34. The lowest BCUT2D eigenvalue weighted by Gasteiger charge is -2.02. The van der Waals surface area contributed by atoms with Crippen LogP contribution in [0.4, 0.5) is 0 Å². The minimum atomic E-state index is -1.12. The van der Waals surface area contributed by atoms with Crippen molar-refractivity contribution in [1.82, 2.24) is 0 Å². The van der Waals surface area contributed by atoms with E-state index in [-0.39, 0.29) is 8.58 Å². The number of aliphatic hydroxyl groups is 2. The van der Waals surface area contributed by atoms with Gasteiger partial charge in [0.2, 0.25) is 0 Å². The summed E-state index contributed by atoms with van der Waals surface area (Å²) < 4.78 is 0. The Morgan fingerprint density at radius 3 is 2.90 bits per heavy atom. The van der Waals surface area contributed by atoms with Gasteiger partial charge in [0.15, 0.2) is 6.03 Å². The van der Waals surface area contributed by atoms with Crippen molar-refractivity contribution in [3.63, 3.8) is 0 Å². The molecule has 10 heavy (non-hydrogen) atoms. The van der Waals surface area contributed by atoms with Crippen molar-refractivity contribution < 1.29 is 10.2 Å². The first-order valence-corrected chi connectivity index (χ1v) is 4.51. The van der Waals surface area contributed by atoms with Crippen LogP contribution in [0.25, 0.3) is 0 Å². The molecular weight excluding hydrogens is 147 g/mol. The van der Waals surface area contributed by atoms with Crippen LogP contribution in [0.5, 0.6) is 0 Å². The molecule has 0 heterocycles. The Hall–Kier alpha value is -0.170. The predicted octanol–water partition coefficient (Wildman–Crippen LogP) is 0.819. The van der Waals surface area contributed by atoms with Gasteiger partial charge in [-0.2, -0.15) is 0 Å². The van der Waals surface area contributed by atoms with Gasteiger partial charge in [-0.25, -0.2) is 0 Å². The Morgan fingerprint density at radius 2 is 2.40 bits per heavy atom. The highest BCUT2D eigenvalue weighted by atomic mass is 31.1. The zero-order valence-corrected chi connectivity index (χ0v) is 6.62. The van der Waals surface area contributed by atoms with Crippen molar-refractivity contribution in [3.8, 4) is 0 Å². The normalized spacial score (nSPS) is 17.7. The zero-order valence-electron chi connectivity index (χ0n) is 5.62. The van der Waals surface area contributed by atoms with Crippen molar-refractivity contribution in [2.45, 2.75) is 12.5 Å². The Morgan fingerprint density at radius 1 is 1.60 bits per heavy atom. The number of aliphatic hydroxyl groups excluding tert-OH is 1. The predicted molar refractivity (Wildman–Crippen MR) is 43.2 cm³/mol. The van der Waals surface area contributed by atoms with Crippen molar-refractivity contribution >= 4 is 8.58 Å². The molecule has 2 nitrogen and oxygen atoms in total. The first-order valence-electron chi connectivity index (χ1n) is 3.23. The van der Waals surface area contributed by atoms with Gasteiger partial charge in [0, 0.05) is 0 Å². The van der Waals surface area contributed by atoms with Gasteiger partial charge < -0.3 is 10.2 Å². The van der Waals surface area contributed by atoms with Gasteiger partial charge in [-0.1, -0.05) is 32.4 Å². The third-order valence-corrected chi connectivity index (χ3v) is 2.38. The van der Waals surface area contributed by atoms with Crippen LogP contribution in [0.3, 0.4) is 0 Å². The Balaban J connectivity index is 2.15. The molecule has 1 aliphatic carbocycles. The highest BCUT2D eigenvalue weighted by Crippen LogP contribution is 2.22. The van der Waals surface area contributed by atoms with Gasteiger partial charge in [-0.3, -0.25) is 0 Å². The third-order valence-electron chi connectivity index (χ3n) is 1.36. The van der Waals surface area contributed by atoms with E-state index in [9.17, 15) is 0 Å². The van der Waals surface area contributed by atoms with Gasteiger partial charge in [-0.05, 0) is 12.6 Å². The summed E-state index contributed by atoms with van der Waals surface area (Å²) >= 11 is 0. The summed E-state index contributed by atoms with van der Waals surface area (Å²) in [4.78, 5) is 0. The lowest BCUT2D eigenvalue weighted by atomic mass is 10.3. The Kier molecular flexibility index (Phi) is 3.07.